The summed E-state index contributed by atoms with van der Waals surface area (Å²) in [5, 5.41) is 9.43. The van der Waals surface area contributed by atoms with Crippen molar-refractivity contribution in [3.8, 4) is 0 Å². The van der Waals surface area contributed by atoms with Gasteiger partial charge in [0.15, 0.2) is 0 Å². The maximum atomic E-state index is 12.8. The Bertz CT molecular complexity index is 546. The Morgan fingerprint density at radius 2 is 2.17 bits per heavy atom. The summed E-state index contributed by atoms with van der Waals surface area (Å²) in [4.78, 5) is 26.0. The van der Waals surface area contributed by atoms with Crippen molar-refractivity contribution in [3.05, 3.63) is 35.4 Å². The number of aryl methyl sites for hydroxylation is 1. The number of ether oxygens (including phenoxy) is 2. The zero-order chi connectivity index (χ0) is 16.7. The summed E-state index contributed by atoms with van der Waals surface area (Å²) in [6.45, 7) is 3.25. The molecule has 1 aromatic rings. The van der Waals surface area contributed by atoms with Crippen LogP contribution < -0.4 is 0 Å². The van der Waals surface area contributed by atoms with Gasteiger partial charge in [0.1, 0.15) is 0 Å². The summed E-state index contributed by atoms with van der Waals surface area (Å²) in [5.74, 6) is -0.402. The quantitative estimate of drug-likeness (QED) is 0.792. The van der Waals surface area contributed by atoms with E-state index < -0.39 is 0 Å². The molecule has 1 saturated heterocycles. The zero-order valence-corrected chi connectivity index (χ0v) is 13.4. The van der Waals surface area contributed by atoms with Gasteiger partial charge >= 0.3 is 5.97 Å². The van der Waals surface area contributed by atoms with Gasteiger partial charge in [-0.25, -0.2) is 0 Å². The van der Waals surface area contributed by atoms with Gasteiger partial charge in [0, 0.05) is 18.5 Å². The normalized spacial score (nSPS) is 17.8. The summed E-state index contributed by atoms with van der Waals surface area (Å²) >= 11 is 0. The largest absolute Gasteiger partial charge is 0.466 e. The lowest BCUT2D eigenvalue weighted by Crippen LogP contribution is -2.50. The van der Waals surface area contributed by atoms with Crippen LogP contribution in [0.2, 0.25) is 0 Å². The van der Waals surface area contributed by atoms with Crippen molar-refractivity contribution in [3.63, 3.8) is 0 Å². The van der Waals surface area contributed by atoms with E-state index in [0.717, 1.165) is 5.56 Å². The summed E-state index contributed by atoms with van der Waals surface area (Å²) in [5.41, 5.74) is 1.38. The van der Waals surface area contributed by atoms with E-state index in [4.69, 9.17) is 9.47 Å². The van der Waals surface area contributed by atoms with Crippen molar-refractivity contribution < 1.29 is 24.2 Å². The predicted molar refractivity (Wildman–Crippen MR) is 84.1 cm³/mol. The van der Waals surface area contributed by atoms with Gasteiger partial charge in [-0.2, -0.15) is 0 Å². The van der Waals surface area contributed by atoms with Gasteiger partial charge in [0.2, 0.25) is 0 Å². The van der Waals surface area contributed by atoms with Crippen LogP contribution in [0, 0.1) is 0 Å². The second kappa shape index (κ2) is 8.64. The van der Waals surface area contributed by atoms with Crippen LogP contribution in [-0.4, -0.2) is 60.9 Å². The number of hydrogen-bond donors (Lipinski definition) is 1. The Morgan fingerprint density at radius 1 is 1.39 bits per heavy atom. The molecule has 1 aliphatic heterocycles. The monoisotopic (exact) mass is 321 g/mol. The molecule has 2 rings (SSSR count). The maximum absolute atomic E-state index is 12.8. The SMILES string of the molecule is CCOC(=O)CCc1ccccc1C(=O)N1CCOCC1CO. The molecule has 126 valence electrons. The Morgan fingerprint density at radius 3 is 2.91 bits per heavy atom. The fourth-order valence-electron chi connectivity index (χ4n) is 2.64. The number of nitrogens with zero attached hydrogens (tertiary/aromatic N) is 1. The highest BCUT2D eigenvalue weighted by atomic mass is 16.5. The summed E-state index contributed by atoms with van der Waals surface area (Å²) in [6.07, 6.45) is 0.694. The number of amides is 1. The van der Waals surface area contributed by atoms with E-state index in [1.54, 1.807) is 24.0 Å². The number of carbonyl (C=O) groups is 2. The van der Waals surface area contributed by atoms with Gasteiger partial charge in [0.05, 0.1) is 32.5 Å². The average Bonchev–Trinajstić information content (AvgIpc) is 2.60. The van der Waals surface area contributed by atoms with E-state index in [2.05, 4.69) is 0 Å². The second-order valence-electron chi connectivity index (χ2n) is 5.37. The van der Waals surface area contributed by atoms with Crippen LogP contribution in [0.25, 0.3) is 0 Å². The highest BCUT2D eigenvalue weighted by molar-refractivity contribution is 5.96. The number of aliphatic hydroxyl groups excluding tert-OH is 1. The van der Waals surface area contributed by atoms with Gasteiger partial charge in [-0.05, 0) is 25.0 Å². The number of benzene rings is 1. The second-order valence-corrected chi connectivity index (χ2v) is 5.37. The molecular weight excluding hydrogens is 298 g/mol. The molecule has 6 nitrogen and oxygen atoms in total. The number of esters is 1. The standard InChI is InChI=1S/C17H23NO5/c1-2-23-16(20)8-7-13-5-3-4-6-15(13)17(21)18-9-10-22-12-14(18)11-19/h3-6,14,19H,2,7-12H2,1H3. The third-order valence-corrected chi connectivity index (χ3v) is 3.85. The molecule has 1 atom stereocenters. The Hall–Kier alpha value is -1.92. The van der Waals surface area contributed by atoms with Crippen molar-refractivity contribution in [1.29, 1.82) is 0 Å². The molecule has 23 heavy (non-hydrogen) atoms. The lowest BCUT2D eigenvalue weighted by Gasteiger charge is -2.35. The molecule has 0 aromatic heterocycles. The summed E-state index contributed by atoms with van der Waals surface area (Å²) in [6, 6.07) is 6.93. The highest BCUT2D eigenvalue weighted by Crippen LogP contribution is 2.17. The molecule has 1 N–H and O–H groups in total. The third kappa shape index (κ3) is 4.53. The molecule has 1 fully saturated rings. The molecule has 1 heterocycles. The molecule has 1 unspecified atom stereocenters. The first kappa shape index (κ1) is 17.4. The lowest BCUT2D eigenvalue weighted by atomic mass is 10.0. The number of morpholine rings is 1. The lowest BCUT2D eigenvalue weighted by molar-refractivity contribution is -0.143. The van der Waals surface area contributed by atoms with Crippen molar-refractivity contribution >= 4 is 11.9 Å². The average molecular weight is 321 g/mol. The Labute approximate surface area is 136 Å². The van der Waals surface area contributed by atoms with Crippen LogP contribution in [0.3, 0.4) is 0 Å². The van der Waals surface area contributed by atoms with Gasteiger partial charge < -0.3 is 19.5 Å². The molecule has 0 bridgehead atoms. The van der Waals surface area contributed by atoms with Gasteiger partial charge in [-0.15, -0.1) is 0 Å². The van der Waals surface area contributed by atoms with Crippen molar-refractivity contribution in [1.82, 2.24) is 4.90 Å². The molecule has 0 radical (unpaired) electrons. The molecule has 1 aliphatic rings. The third-order valence-electron chi connectivity index (χ3n) is 3.85. The van der Waals surface area contributed by atoms with E-state index in [9.17, 15) is 14.7 Å². The van der Waals surface area contributed by atoms with Gasteiger partial charge in [-0.3, -0.25) is 9.59 Å². The smallest absolute Gasteiger partial charge is 0.306 e. The molecule has 0 saturated carbocycles. The van der Waals surface area contributed by atoms with E-state index in [0.29, 0.717) is 38.3 Å². The minimum Gasteiger partial charge on any atom is -0.466 e. The van der Waals surface area contributed by atoms with E-state index in [-0.39, 0.29) is 30.9 Å². The van der Waals surface area contributed by atoms with Crippen LogP contribution >= 0.6 is 0 Å². The van der Waals surface area contributed by atoms with Crippen molar-refractivity contribution in [2.45, 2.75) is 25.8 Å². The number of hydrogen-bond acceptors (Lipinski definition) is 5. The Balaban J connectivity index is 2.12. The van der Waals surface area contributed by atoms with Gasteiger partial charge in [-0.1, -0.05) is 18.2 Å². The Kier molecular flexibility index (Phi) is 6.55. The molecule has 0 aliphatic carbocycles. The first-order valence-corrected chi connectivity index (χ1v) is 7.90. The van der Waals surface area contributed by atoms with Gasteiger partial charge in [0.25, 0.3) is 5.91 Å². The first-order chi connectivity index (χ1) is 11.2. The van der Waals surface area contributed by atoms with Crippen LogP contribution in [-0.2, 0) is 20.7 Å². The van der Waals surface area contributed by atoms with E-state index >= 15 is 0 Å². The maximum Gasteiger partial charge on any atom is 0.306 e. The van der Waals surface area contributed by atoms with Crippen LogP contribution in [0.15, 0.2) is 24.3 Å². The van der Waals surface area contributed by atoms with E-state index in [1.807, 2.05) is 12.1 Å². The number of rotatable bonds is 6. The molecule has 6 heteroatoms. The van der Waals surface area contributed by atoms with Crippen molar-refractivity contribution in [2.24, 2.45) is 0 Å². The van der Waals surface area contributed by atoms with Crippen LogP contribution in [0.1, 0.15) is 29.3 Å². The molecule has 0 spiro atoms. The zero-order valence-electron chi connectivity index (χ0n) is 13.4. The van der Waals surface area contributed by atoms with Crippen LogP contribution in [0.5, 0.6) is 0 Å². The van der Waals surface area contributed by atoms with Crippen LogP contribution in [0.4, 0.5) is 0 Å². The minimum atomic E-state index is -0.325. The molecule has 1 amide bonds. The predicted octanol–water partition coefficient (Wildman–Crippen LogP) is 1.02. The number of aliphatic hydroxyl groups is 1. The van der Waals surface area contributed by atoms with Crippen molar-refractivity contribution in [2.75, 3.05) is 33.0 Å². The fraction of sp³-hybridized carbons (Fsp3) is 0.529. The first-order valence-electron chi connectivity index (χ1n) is 7.90. The highest BCUT2D eigenvalue weighted by Gasteiger charge is 2.28. The summed E-state index contributed by atoms with van der Waals surface area (Å²) in [7, 11) is 0. The topological polar surface area (TPSA) is 76.1 Å². The fourth-order valence-corrected chi connectivity index (χ4v) is 2.64. The number of carbonyl (C=O) groups excluding carboxylic acids is 2. The molecular formula is C17H23NO5. The van der Waals surface area contributed by atoms with E-state index in [1.165, 1.54) is 0 Å². The summed E-state index contributed by atoms with van der Waals surface area (Å²) < 4.78 is 10.2. The molecule has 1 aromatic carbocycles. The minimum absolute atomic E-state index is 0.128.